The van der Waals surface area contributed by atoms with Crippen molar-refractivity contribution in [2.45, 2.75) is 12.5 Å². The molecule has 4 rings (SSSR count). The fraction of sp³-hybridized carbons (Fsp3) is 0.357. The first-order valence-corrected chi connectivity index (χ1v) is 8.23. The lowest BCUT2D eigenvalue weighted by atomic mass is 10.3. The van der Waals surface area contributed by atoms with Gasteiger partial charge in [-0.2, -0.15) is 0 Å². The van der Waals surface area contributed by atoms with Crippen molar-refractivity contribution in [2.24, 2.45) is 0 Å². The number of rotatable bonds is 2. The number of hydrogen-bond acceptors (Lipinski definition) is 7. The summed E-state index contributed by atoms with van der Waals surface area (Å²) in [6, 6.07) is 1.93. The summed E-state index contributed by atoms with van der Waals surface area (Å²) in [6.45, 7) is 1.28. The maximum atomic E-state index is 11.4. The van der Waals surface area contributed by atoms with Crippen LogP contribution in [0.4, 0.5) is 10.6 Å². The van der Waals surface area contributed by atoms with Crippen molar-refractivity contribution >= 4 is 44.7 Å². The summed E-state index contributed by atoms with van der Waals surface area (Å²) in [5, 5.41) is 10.7. The van der Waals surface area contributed by atoms with Gasteiger partial charge in [0.15, 0.2) is 11.5 Å². The van der Waals surface area contributed by atoms with Gasteiger partial charge in [0, 0.05) is 30.7 Å². The molecule has 3 aromatic rings. The smallest absolute Gasteiger partial charge is 0.407 e. The predicted octanol–water partition coefficient (Wildman–Crippen LogP) is 1.37. The highest BCUT2D eigenvalue weighted by Gasteiger charge is 2.28. The Hall–Kier alpha value is -2.49. The van der Waals surface area contributed by atoms with Crippen LogP contribution in [-0.2, 0) is 4.74 Å². The Balaban J connectivity index is 1.73. The van der Waals surface area contributed by atoms with Crippen LogP contribution in [0.5, 0.6) is 0 Å². The number of alkyl carbamates (subject to hydrolysis) is 1. The molecule has 24 heavy (non-hydrogen) atoms. The Labute approximate surface area is 145 Å². The number of anilines is 1. The van der Waals surface area contributed by atoms with Gasteiger partial charge in [-0.1, -0.05) is 0 Å². The van der Waals surface area contributed by atoms with Gasteiger partial charge < -0.3 is 15.0 Å². The molecule has 1 aliphatic rings. The zero-order chi connectivity index (χ0) is 16.7. The standard InChI is InChI=1S/C14H14BrN7O2/c1-16-14(23)24-9-2-3-21(6-9)12-13-20-18-7-22(13)10-4-8(15)5-17-11(10)19-12/h4-5,7,9H,2-3,6H2,1H3,(H,16,23). The van der Waals surface area contributed by atoms with Gasteiger partial charge in [-0.3, -0.25) is 4.40 Å². The fourth-order valence-corrected chi connectivity index (χ4v) is 3.16. The van der Waals surface area contributed by atoms with Gasteiger partial charge in [-0.05, 0) is 22.0 Å². The molecule has 0 spiro atoms. The number of pyridine rings is 1. The number of hydrogen-bond donors (Lipinski definition) is 1. The number of nitrogens with one attached hydrogen (secondary N) is 1. The van der Waals surface area contributed by atoms with E-state index in [2.05, 4.69) is 41.4 Å². The first-order valence-electron chi connectivity index (χ1n) is 7.44. The Bertz CT molecular complexity index is 928. The molecule has 1 unspecified atom stereocenters. The van der Waals surface area contributed by atoms with Crippen LogP contribution in [0.1, 0.15) is 6.42 Å². The number of halogens is 1. The second kappa shape index (κ2) is 5.86. The van der Waals surface area contributed by atoms with Gasteiger partial charge in [0.25, 0.3) is 0 Å². The van der Waals surface area contributed by atoms with Gasteiger partial charge in [0.2, 0.25) is 5.65 Å². The SMILES string of the molecule is CNC(=O)OC1CCN(c2nc3ncc(Br)cc3n3cnnc23)C1. The monoisotopic (exact) mass is 391 g/mol. The molecule has 3 aromatic heterocycles. The fourth-order valence-electron chi connectivity index (χ4n) is 2.84. The van der Waals surface area contributed by atoms with Crippen LogP contribution < -0.4 is 10.2 Å². The molecule has 1 fully saturated rings. The van der Waals surface area contributed by atoms with E-state index in [0.717, 1.165) is 23.0 Å². The van der Waals surface area contributed by atoms with Crippen LogP contribution in [0.15, 0.2) is 23.1 Å². The van der Waals surface area contributed by atoms with Crippen LogP contribution >= 0.6 is 15.9 Å². The molecule has 10 heteroatoms. The first kappa shape index (κ1) is 15.1. The minimum Gasteiger partial charge on any atom is -0.444 e. The van der Waals surface area contributed by atoms with Crippen molar-refractivity contribution in [1.82, 2.24) is 29.9 Å². The third-order valence-electron chi connectivity index (χ3n) is 3.96. The van der Waals surface area contributed by atoms with Crippen molar-refractivity contribution < 1.29 is 9.53 Å². The molecule has 1 atom stereocenters. The number of carbonyl (C=O) groups excluding carboxylic acids is 1. The molecule has 1 N–H and O–H groups in total. The molecule has 0 bridgehead atoms. The third kappa shape index (κ3) is 2.52. The lowest BCUT2D eigenvalue weighted by Crippen LogP contribution is -2.29. The van der Waals surface area contributed by atoms with Crippen LogP contribution in [-0.4, -0.2) is 56.9 Å². The quantitative estimate of drug-likeness (QED) is 0.704. The zero-order valence-electron chi connectivity index (χ0n) is 12.8. The van der Waals surface area contributed by atoms with Crippen molar-refractivity contribution in [3.63, 3.8) is 0 Å². The van der Waals surface area contributed by atoms with Crippen molar-refractivity contribution in [3.8, 4) is 0 Å². The molecule has 0 aromatic carbocycles. The maximum absolute atomic E-state index is 11.4. The normalized spacial score (nSPS) is 17.6. The molecule has 124 valence electrons. The van der Waals surface area contributed by atoms with Crippen molar-refractivity contribution in [1.29, 1.82) is 0 Å². The molecule has 0 radical (unpaired) electrons. The molecule has 1 aliphatic heterocycles. The Morgan fingerprint density at radius 2 is 2.38 bits per heavy atom. The van der Waals surface area contributed by atoms with E-state index in [4.69, 9.17) is 4.74 Å². The Morgan fingerprint density at radius 1 is 1.50 bits per heavy atom. The Kier molecular flexibility index (Phi) is 3.68. The lowest BCUT2D eigenvalue weighted by Gasteiger charge is -2.18. The van der Waals surface area contributed by atoms with Gasteiger partial charge in [-0.15, -0.1) is 10.2 Å². The molecule has 0 aliphatic carbocycles. The third-order valence-corrected chi connectivity index (χ3v) is 4.39. The Morgan fingerprint density at radius 3 is 3.21 bits per heavy atom. The summed E-state index contributed by atoms with van der Waals surface area (Å²) in [4.78, 5) is 22.4. The summed E-state index contributed by atoms with van der Waals surface area (Å²) in [7, 11) is 1.55. The topological polar surface area (TPSA) is 97.5 Å². The second-order valence-electron chi connectivity index (χ2n) is 5.47. The van der Waals surface area contributed by atoms with E-state index >= 15 is 0 Å². The number of carbonyl (C=O) groups is 1. The molecular weight excluding hydrogens is 378 g/mol. The minimum absolute atomic E-state index is 0.178. The number of ether oxygens (including phenoxy) is 1. The van der Waals surface area contributed by atoms with Crippen molar-refractivity contribution in [3.05, 3.63) is 23.1 Å². The molecule has 1 amide bonds. The van der Waals surface area contributed by atoms with Crippen LogP contribution in [0, 0.1) is 0 Å². The van der Waals surface area contributed by atoms with Crippen LogP contribution in [0.3, 0.4) is 0 Å². The van der Waals surface area contributed by atoms with E-state index < -0.39 is 6.09 Å². The van der Waals surface area contributed by atoms with E-state index in [9.17, 15) is 4.79 Å². The van der Waals surface area contributed by atoms with Gasteiger partial charge in [0.1, 0.15) is 12.4 Å². The zero-order valence-corrected chi connectivity index (χ0v) is 14.4. The predicted molar refractivity (Wildman–Crippen MR) is 89.9 cm³/mol. The average Bonchev–Trinajstić information content (AvgIpc) is 3.23. The van der Waals surface area contributed by atoms with Crippen molar-refractivity contribution in [2.75, 3.05) is 25.0 Å². The van der Waals surface area contributed by atoms with Crippen LogP contribution in [0.2, 0.25) is 0 Å². The van der Waals surface area contributed by atoms with Gasteiger partial charge in [-0.25, -0.2) is 14.8 Å². The molecule has 4 heterocycles. The first-order chi connectivity index (χ1) is 11.7. The number of fused-ring (bicyclic) bond motifs is 3. The summed E-state index contributed by atoms with van der Waals surface area (Å²) in [5.41, 5.74) is 2.09. The molecular formula is C14H14BrN7O2. The van der Waals surface area contributed by atoms with E-state index in [-0.39, 0.29) is 6.10 Å². The van der Waals surface area contributed by atoms with E-state index in [0.29, 0.717) is 23.7 Å². The largest absolute Gasteiger partial charge is 0.444 e. The highest BCUT2D eigenvalue weighted by Crippen LogP contribution is 2.27. The van der Waals surface area contributed by atoms with Gasteiger partial charge in [0.05, 0.1) is 12.1 Å². The van der Waals surface area contributed by atoms with E-state index in [1.54, 1.807) is 19.6 Å². The lowest BCUT2D eigenvalue weighted by molar-refractivity contribution is 0.110. The van der Waals surface area contributed by atoms with E-state index in [1.165, 1.54) is 0 Å². The summed E-state index contributed by atoms with van der Waals surface area (Å²) >= 11 is 3.42. The highest BCUT2D eigenvalue weighted by molar-refractivity contribution is 9.10. The molecule has 0 saturated carbocycles. The number of aromatic nitrogens is 5. The van der Waals surface area contributed by atoms with E-state index in [1.807, 2.05) is 15.4 Å². The highest BCUT2D eigenvalue weighted by atomic mass is 79.9. The number of amides is 1. The minimum atomic E-state index is -0.424. The molecule has 1 saturated heterocycles. The average molecular weight is 392 g/mol. The summed E-state index contributed by atoms with van der Waals surface area (Å²) in [5.74, 6) is 0.692. The molecule has 9 nitrogen and oxygen atoms in total. The number of nitrogens with zero attached hydrogens (tertiary/aromatic N) is 6. The second-order valence-corrected chi connectivity index (χ2v) is 6.38. The summed E-state index contributed by atoms with van der Waals surface area (Å²) < 4.78 is 8.05. The maximum Gasteiger partial charge on any atom is 0.407 e. The van der Waals surface area contributed by atoms with Gasteiger partial charge >= 0.3 is 6.09 Å². The van der Waals surface area contributed by atoms with Crippen LogP contribution in [0.25, 0.3) is 16.8 Å². The summed E-state index contributed by atoms with van der Waals surface area (Å²) in [6.07, 6.45) is 3.49.